The van der Waals surface area contributed by atoms with Crippen LogP contribution in [0.1, 0.15) is 13.3 Å². The van der Waals surface area contributed by atoms with Crippen LogP contribution in [0.2, 0.25) is 0 Å². The van der Waals surface area contributed by atoms with E-state index in [0.29, 0.717) is 6.54 Å². The van der Waals surface area contributed by atoms with Gasteiger partial charge in [0.2, 0.25) is 0 Å². The van der Waals surface area contributed by atoms with E-state index in [1.807, 2.05) is 6.92 Å². The van der Waals surface area contributed by atoms with E-state index < -0.39 is 6.23 Å². The molecule has 3 nitrogen and oxygen atoms in total. The van der Waals surface area contributed by atoms with Crippen LogP contribution in [0.25, 0.3) is 0 Å². The van der Waals surface area contributed by atoms with Crippen LogP contribution >= 0.6 is 0 Å². The number of aliphatic hydroxyl groups is 1. The van der Waals surface area contributed by atoms with Gasteiger partial charge in [0.25, 0.3) is 0 Å². The molecule has 0 amide bonds. The molecule has 0 aromatic rings. The van der Waals surface area contributed by atoms with E-state index in [0.717, 1.165) is 11.2 Å². The summed E-state index contributed by atoms with van der Waals surface area (Å²) < 4.78 is 0.727. The highest BCUT2D eigenvalue weighted by molar-refractivity contribution is 4.59. The Morgan fingerprint density at radius 3 is 2.50 bits per heavy atom. The summed E-state index contributed by atoms with van der Waals surface area (Å²) in [6.45, 7) is 2.37. The number of nitrogens with zero attached hydrogens (tertiary/aromatic N) is 1. The molecule has 0 saturated carbocycles. The van der Waals surface area contributed by atoms with E-state index in [-0.39, 0.29) is 5.92 Å². The molecule has 1 aliphatic rings. The van der Waals surface area contributed by atoms with Gasteiger partial charge in [-0.05, 0) is 0 Å². The summed E-state index contributed by atoms with van der Waals surface area (Å²) in [5.74, 6) is 0.160. The molecule has 1 heterocycles. The minimum atomic E-state index is -0.741. The van der Waals surface area contributed by atoms with Crippen molar-refractivity contribution >= 4 is 0 Å². The molecule has 0 aliphatic carbocycles. The SMILES string of the molecule is CC1CC[N+](=O)C1O. The zero-order chi connectivity index (χ0) is 6.15. The Morgan fingerprint density at radius 2 is 2.38 bits per heavy atom. The van der Waals surface area contributed by atoms with E-state index in [1.165, 1.54) is 0 Å². The Morgan fingerprint density at radius 1 is 1.75 bits per heavy atom. The van der Waals surface area contributed by atoms with Crippen LogP contribution in [-0.2, 0) is 0 Å². The number of hydrogen-bond donors (Lipinski definition) is 1. The van der Waals surface area contributed by atoms with E-state index >= 15 is 0 Å². The van der Waals surface area contributed by atoms with Gasteiger partial charge in [0.15, 0.2) is 6.54 Å². The van der Waals surface area contributed by atoms with Gasteiger partial charge in [0, 0.05) is 16.1 Å². The van der Waals surface area contributed by atoms with Gasteiger partial charge in [-0.3, -0.25) is 0 Å². The third kappa shape index (κ3) is 0.733. The highest BCUT2D eigenvalue weighted by Gasteiger charge is 2.36. The van der Waals surface area contributed by atoms with Crippen molar-refractivity contribution in [3.05, 3.63) is 4.91 Å². The number of aliphatic hydroxyl groups excluding tert-OH is 1. The van der Waals surface area contributed by atoms with Crippen molar-refractivity contribution in [3.8, 4) is 0 Å². The molecule has 2 unspecified atom stereocenters. The predicted molar refractivity (Wildman–Crippen MR) is 28.3 cm³/mol. The summed E-state index contributed by atoms with van der Waals surface area (Å²) in [5, 5.41) is 8.88. The fourth-order valence-electron chi connectivity index (χ4n) is 0.896. The van der Waals surface area contributed by atoms with Crippen LogP contribution in [0.3, 0.4) is 0 Å². The second-order valence-corrected chi connectivity index (χ2v) is 2.32. The summed E-state index contributed by atoms with van der Waals surface area (Å²) in [5.41, 5.74) is 0. The minimum absolute atomic E-state index is 0.160. The van der Waals surface area contributed by atoms with Crippen LogP contribution in [0.15, 0.2) is 0 Å². The first kappa shape index (κ1) is 5.69. The van der Waals surface area contributed by atoms with Gasteiger partial charge in [-0.15, -0.1) is 0 Å². The van der Waals surface area contributed by atoms with Gasteiger partial charge in [-0.1, -0.05) is 6.92 Å². The molecule has 1 saturated heterocycles. The normalized spacial score (nSPS) is 38.5. The van der Waals surface area contributed by atoms with E-state index in [4.69, 9.17) is 5.11 Å². The molecular weight excluding hydrogens is 106 g/mol. The maximum absolute atomic E-state index is 10.5. The lowest BCUT2D eigenvalue weighted by Gasteiger charge is -1.94. The van der Waals surface area contributed by atoms with Crippen molar-refractivity contribution in [2.45, 2.75) is 19.6 Å². The molecule has 46 valence electrons. The van der Waals surface area contributed by atoms with Crippen LogP contribution in [0.4, 0.5) is 0 Å². The molecule has 1 rings (SSSR count). The highest BCUT2D eigenvalue weighted by atomic mass is 16.4. The van der Waals surface area contributed by atoms with Gasteiger partial charge < -0.3 is 5.11 Å². The molecule has 3 heteroatoms. The lowest BCUT2D eigenvalue weighted by molar-refractivity contribution is -0.609. The zero-order valence-corrected chi connectivity index (χ0v) is 4.87. The van der Waals surface area contributed by atoms with Gasteiger partial charge in [-0.2, -0.15) is 0 Å². The van der Waals surface area contributed by atoms with Crippen molar-refractivity contribution in [1.82, 2.24) is 0 Å². The Labute approximate surface area is 47.9 Å². The summed E-state index contributed by atoms with van der Waals surface area (Å²) >= 11 is 0. The summed E-state index contributed by atoms with van der Waals surface area (Å²) in [4.78, 5) is 10.5. The molecular formula is C5H10NO2+. The molecule has 1 fully saturated rings. The van der Waals surface area contributed by atoms with Crippen LogP contribution in [0, 0.1) is 10.8 Å². The lowest BCUT2D eigenvalue weighted by Crippen LogP contribution is -2.19. The number of hydrogen-bond acceptors (Lipinski definition) is 2. The molecule has 0 aromatic heterocycles. The Balaban J connectivity index is 2.56. The van der Waals surface area contributed by atoms with Crippen LogP contribution < -0.4 is 0 Å². The van der Waals surface area contributed by atoms with Crippen molar-refractivity contribution in [1.29, 1.82) is 0 Å². The monoisotopic (exact) mass is 116 g/mol. The average Bonchev–Trinajstić information content (AvgIpc) is 1.98. The quantitative estimate of drug-likeness (QED) is 0.457. The maximum atomic E-state index is 10.5. The lowest BCUT2D eigenvalue weighted by atomic mass is 10.1. The smallest absolute Gasteiger partial charge is 0.305 e. The first-order valence-electron chi connectivity index (χ1n) is 2.83. The number of rotatable bonds is 0. The van der Waals surface area contributed by atoms with Crippen molar-refractivity contribution in [3.63, 3.8) is 0 Å². The van der Waals surface area contributed by atoms with Crippen LogP contribution in [-0.4, -0.2) is 22.6 Å². The fourth-order valence-corrected chi connectivity index (χ4v) is 0.896. The van der Waals surface area contributed by atoms with Gasteiger partial charge in [-0.25, -0.2) is 0 Å². The molecule has 1 N–H and O–H groups in total. The molecule has 2 atom stereocenters. The fraction of sp³-hybridized carbons (Fsp3) is 1.00. The van der Waals surface area contributed by atoms with Gasteiger partial charge in [0.1, 0.15) is 0 Å². The summed E-state index contributed by atoms with van der Waals surface area (Å²) in [6.07, 6.45) is 0.0833. The van der Waals surface area contributed by atoms with E-state index in [1.54, 1.807) is 0 Å². The Hall–Kier alpha value is -0.440. The van der Waals surface area contributed by atoms with E-state index in [9.17, 15) is 4.91 Å². The van der Waals surface area contributed by atoms with E-state index in [2.05, 4.69) is 0 Å². The summed E-state index contributed by atoms with van der Waals surface area (Å²) in [6, 6.07) is 0. The van der Waals surface area contributed by atoms with Crippen LogP contribution in [0.5, 0.6) is 0 Å². The molecule has 0 spiro atoms. The Kier molecular flexibility index (Phi) is 1.29. The van der Waals surface area contributed by atoms with Crippen molar-refractivity contribution in [2.24, 2.45) is 5.92 Å². The molecule has 0 bridgehead atoms. The van der Waals surface area contributed by atoms with Gasteiger partial charge in [0.05, 0.1) is 5.92 Å². The average molecular weight is 116 g/mol. The minimum Gasteiger partial charge on any atom is -0.334 e. The first-order valence-corrected chi connectivity index (χ1v) is 2.83. The molecule has 8 heavy (non-hydrogen) atoms. The second kappa shape index (κ2) is 1.82. The number of nitroso groups, excluding NO2 is 1. The zero-order valence-electron chi connectivity index (χ0n) is 4.87. The third-order valence-electron chi connectivity index (χ3n) is 1.61. The third-order valence-corrected chi connectivity index (χ3v) is 1.61. The highest BCUT2D eigenvalue weighted by Crippen LogP contribution is 2.16. The van der Waals surface area contributed by atoms with Gasteiger partial charge >= 0.3 is 6.23 Å². The largest absolute Gasteiger partial charge is 0.334 e. The summed E-state index contributed by atoms with van der Waals surface area (Å²) in [7, 11) is 0. The molecule has 1 aliphatic heterocycles. The first-order chi connectivity index (χ1) is 3.72. The van der Waals surface area contributed by atoms with Crippen molar-refractivity contribution < 1.29 is 9.87 Å². The topological polar surface area (TPSA) is 40.3 Å². The molecule has 0 aromatic carbocycles. The second-order valence-electron chi connectivity index (χ2n) is 2.32. The maximum Gasteiger partial charge on any atom is 0.305 e. The predicted octanol–water partition coefficient (Wildman–Crippen LogP) is 0.123. The molecule has 0 radical (unpaired) electrons. The standard InChI is InChI=1S/C5H10NO2/c1-4-2-3-6(8)5(4)7/h4-5,7H,2-3H2,1H3/q+1. The van der Waals surface area contributed by atoms with Crippen molar-refractivity contribution in [2.75, 3.05) is 6.54 Å². The Bertz CT molecular complexity index is 113.